The number of amides is 2. The molecule has 0 aromatic rings. The number of nitrogens with one attached hydrogen (secondary N) is 2. The van der Waals surface area contributed by atoms with Crippen molar-refractivity contribution in [2.45, 2.75) is 81.9 Å². The number of aliphatic carboxylic acids is 1. The third-order valence-corrected chi connectivity index (χ3v) is 6.60. The van der Waals surface area contributed by atoms with E-state index in [0.717, 1.165) is 24.6 Å². The van der Waals surface area contributed by atoms with E-state index >= 15 is 0 Å². The largest absolute Gasteiger partial charge is 0.480 e. The van der Waals surface area contributed by atoms with Crippen molar-refractivity contribution in [3.63, 3.8) is 0 Å². The van der Waals surface area contributed by atoms with E-state index in [1.165, 1.54) is 19.3 Å². The first kappa shape index (κ1) is 36.4. The number of halogens is 3. The summed E-state index contributed by atoms with van der Waals surface area (Å²) in [7, 11) is 0. The molecule has 0 fully saturated rings. The van der Waals surface area contributed by atoms with Crippen molar-refractivity contribution in [2.24, 2.45) is 0 Å². The van der Waals surface area contributed by atoms with E-state index in [2.05, 4.69) is 19.1 Å². The number of carboxylic acids is 1. The van der Waals surface area contributed by atoms with Crippen molar-refractivity contribution in [2.75, 3.05) is 18.9 Å². The molecule has 8 nitrogen and oxygen atoms in total. The molecule has 222 valence electrons. The Balaban J connectivity index is 5.25. The molecule has 0 heterocycles. The molecule has 0 aliphatic rings. The van der Waals surface area contributed by atoms with Crippen molar-refractivity contribution >= 4 is 29.5 Å². The van der Waals surface area contributed by atoms with Crippen LogP contribution in [-0.2, 0) is 14.4 Å². The van der Waals surface area contributed by atoms with E-state index in [1.807, 2.05) is 17.5 Å². The molecule has 0 radical (unpaired) electrons. The number of alkyl halides is 3. The summed E-state index contributed by atoms with van der Waals surface area (Å²) < 4.78 is 38.3. The van der Waals surface area contributed by atoms with Gasteiger partial charge in [-0.25, -0.2) is 0 Å². The number of unbranched alkanes of at least 4 members (excludes halogenated alkanes) is 4. The molecule has 0 aliphatic heterocycles. The van der Waals surface area contributed by atoms with Crippen LogP contribution in [0.25, 0.3) is 0 Å². The molecular weight excluding hydrogens is 537 g/mol. The number of hydrogen-bond donors (Lipinski definition) is 5. The first-order valence-corrected chi connectivity index (χ1v) is 14.0. The van der Waals surface area contributed by atoms with Crippen LogP contribution in [0.2, 0.25) is 0 Å². The zero-order chi connectivity index (χ0) is 29.5. The van der Waals surface area contributed by atoms with Gasteiger partial charge in [0.2, 0.25) is 5.91 Å². The Labute approximate surface area is 232 Å². The summed E-state index contributed by atoms with van der Waals surface area (Å²) in [4.78, 5) is 34.4. The minimum atomic E-state index is -5.23. The van der Waals surface area contributed by atoms with Gasteiger partial charge in [0.15, 0.2) is 0 Å². The monoisotopic (exact) mass is 578 g/mol. The van der Waals surface area contributed by atoms with Crippen molar-refractivity contribution < 1.29 is 42.9 Å². The second-order valence-electron chi connectivity index (χ2n) is 8.62. The van der Waals surface area contributed by atoms with E-state index in [0.29, 0.717) is 19.3 Å². The normalized spacial score (nSPS) is 14.8. The molecule has 2 amide bonds. The summed E-state index contributed by atoms with van der Waals surface area (Å²) in [5, 5.41) is 31.2. The van der Waals surface area contributed by atoms with Gasteiger partial charge in [0.1, 0.15) is 12.6 Å². The number of rotatable bonds is 21. The van der Waals surface area contributed by atoms with Crippen LogP contribution in [-0.4, -0.2) is 75.6 Å². The Kier molecular flexibility index (Phi) is 20.8. The Hall–Kier alpha value is -2.57. The number of thioether (sulfide) groups is 1. The van der Waals surface area contributed by atoms with E-state index in [9.17, 15) is 32.7 Å². The Morgan fingerprint density at radius 2 is 1.69 bits per heavy atom. The average Bonchev–Trinajstić information content (AvgIpc) is 2.88. The lowest BCUT2D eigenvalue weighted by molar-refractivity contribution is -0.174. The third-order valence-electron chi connectivity index (χ3n) is 5.22. The highest BCUT2D eigenvalue weighted by atomic mass is 32.2. The number of aliphatic hydroxyl groups excluding tert-OH is 2. The maximum atomic E-state index is 12.8. The lowest BCUT2D eigenvalue weighted by Gasteiger charge is -2.23. The fraction of sp³-hybridized carbons (Fsp3) is 0.593. The molecule has 3 atom stereocenters. The number of carbonyl (C=O) groups excluding carboxylic acids is 2. The lowest BCUT2D eigenvalue weighted by Crippen LogP contribution is -2.52. The quantitative estimate of drug-likeness (QED) is 0.0788. The third kappa shape index (κ3) is 20.1. The molecule has 12 heteroatoms. The summed E-state index contributed by atoms with van der Waals surface area (Å²) >= 11 is 0.943. The molecule has 0 saturated heterocycles. The molecule has 1 unspecified atom stereocenters. The van der Waals surface area contributed by atoms with Crippen LogP contribution in [0.5, 0.6) is 0 Å². The van der Waals surface area contributed by atoms with Crippen LogP contribution in [0.4, 0.5) is 13.2 Å². The predicted molar refractivity (Wildman–Crippen MR) is 147 cm³/mol. The smallest absolute Gasteiger partial charge is 0.471 e. The van der Waals surface area contributed by atoms with Gasteiger partial charge in [-0.15, -0.1) is 11.8 Å². The van der Waals surface area contributed by atoms with Crippen molar-refractivity contribution in [3.05, 3.63) is 48.6 Å². The summed E-state index contributed by atoms with van der Waals surface area (Å²) in [5.41, 5.74) is 0. The molecule has 5 N–H and O–H groups in total. The van der Waals surface area contributed by atoms with Gasteiger partial charge in [-0.3, -0.25) is 14.4 Å². The highest BCUT2D eigenvalue weighted by Crippen LogP contribution is 2.22. The molecular formula is C27H41F3N2O6S. The van der Waals surface area contributed by atoms with Crippen molar-refractivity contribution in [3.8, 4) is 0 Å². The topological polar surface area (TPSA) is 136 Å². The standard InChI is InChI=1S/C27H41F3N2O6S/c1-2-3-4-5-6-7-8-9-10-11-12-13-17-23(22(34)16-14-15-18-33)39-20-21(25(37)31-19-24(35)36)32-26(38)27(28,29)30/h6-7,9-13,17,21-23,33-34H,2-5,8,14-16,18-20H2,1H3,(H,31,37)(H,32,38)(H,35,36)/t21?,22-,23+/m0/s1. The zero-order valence-corrected chi connectivity index (χ0v) is 23.1. The molecule has 39 heavy (non-hydrogen) atoms. The lowest BCUT2D eigenvalue weighted by atomic mass is 10.1. The maximum absolute atomic E-state index is 12.8. The Morgan fingerprint density at radius 1 is 0.974 bits per heavy atom. The SMILES string of the molecule is CCCCCC=CCC=CC=CC=C[C@@H](SCC(NC(=O)C(F)(F)F)C(=O)NCC(=O)O)[C@@H](O)CCCCO. The van der Waals surface area contributed by atoms with Gasteiger partial charge in [-0.2, -0.15) is 13.2 Å². The van der Waals surface area contributed by atoms with Crippen LogP contribution in [0.3, 0.4) is 0 Å². The number of carbonyl (C=O) groups is 3. The summed E-state index contributed by atoms with van der Waals surface area (Å²) in [6.07, 6.45) is 15.4. The first-order chi connectivity index (χ1) is 18.5. The number of allylic oxidation sites excluding steroid dienone is 7. The van der Waals surface area contributed by atoms with Crippen LogP contribution in [0, 0.1) is 0 Å². The average molecular weight is 579 g/mol. The summed E-state index contributed by atoms with van der Waals surface area (Å²) in [6.45, 7) is 1.27. The fourth-order valence-corrected chi connectivity index (χ4v) is 4.31. The van der Waals surface area contributed by atoms with Gasteiger partial charge < -0.3 is 26.0 Å². The molecule has 0 rings (SSSR count). The number of carboxylic acid groups (broad SMARTS) is 1. The van der Waals surface area contributed by atoms with Crippen molar-refractivity contribution in [1.82, 2.24) is 10.6 Å². The Bertz CT molecular complexity index is 831. The molecule has 0 aliphatic carbocycles. The molecule has 0 bridgehead atoms. The van der Waals surface area contributed by atoms with E-state index in [4.69, 9.17) is 10.2 Å². The van der Waals surface area contributed by atoms with E-state index < -0.39 is 47.9 Å². The van der Waals surface area contributed by atoms with E-state index in [-0.39, 0.29) is 12.4 Å². The molecule has 0 saturated carbocycles. The zero-order valence-electron chi connectivity index (χ0n) is 22.2. The van der Waals surface area contributed by atoms with E-state index in [1.54, 1.807) is 29.6 Å². The highest BCUT2D eigenvalue weighted by Gasteiger charge is 2.41. The van der Waals surface area contributed by atoms with Crippen LogP contribution in [0.1, 0.15) is 58.3 Å². The molecule has 0 spiro atoms. The predicted octanol–water partition coefficient (Wildman–Crippen LogP) is 4.05. The van der Waals surface area contributed by atoms with Gasteiger partial charge in [0.25, 0.3) is 0 Å². The number of hydrogen-bond acceptors (Lipinski definition) is 6. The maximum Gasteiger partial charge on any atom is 0.471 e. The van der Waals surface area contributed by atoms with Gasteiger partial charge in [0, 0.05) is 17.6 Å². The fourth-order valence-electron chi connectivity index (χ4n) is 3.10. The molecule has 0 aromatic carbocycles. The highest BCUT2D eigenvalue weighted by molar-refractivity contribution is 8.00. The first-order valence-electron chi connectivity index (χ1n) is 13.0. The van der Waals surface area contributed by atoms with Crippen LogP contribution in [0.15, 0.2) is 48.6 Å². The summed E-state index contributed by atoms with van der Waals surface area (Å²) in [5.74, 6) is -5.18. The second-order valence-corrected chi connectivity index (χ2v) is 9.83. The van der Waals surface area contributed by atoms with Crippen LogP contribution >= 0.6 is 11.8 Å². The summed E-state index contributed by atoms with van der Waals surface area (Å²) in [6, 6.07) is -1.68. The Morgan fingerprint density at radius 3 is 2.33 bits per heavy atom. The minimum absolute atomic E-state index is 0.0569. The minimum Gasteiger partial charge on any atom is -0.480 e. The van der Waals surface area contributed by atoms with Crippen molar-refractivity contribution in [1.29, 1.82) is 0 Å². The van der Waals surface area contributed by atoms with Gasteiger partial charge >= 0.3 is 18.1 Å². The second kappa shape index (κ2) is 22.3. The van der Waals surface area contributed by atoms with Gasteiger partial charge in [-0.05, 0) is 38.5 Å². The van der Waals surface area contributed by atoms with Gasteiger partial charge in [0.05, 0.1) is 6.10 Å². The van der Waals surface area contributed by atoms with Gasteiger partial charge in [-0.1, -0.05) is 68.4 Å². The number of aliphatic hydroxyl groups is 2. The van der Waals surface area contributed by atoms with Crippen LogP contribution < -0.4 is 10.6 Å². The molecule has 0 aromatic heterocycles.